The number of benzene rings is 1. The summed E-state index contributed by atoms with van der Waals surface area (Å²) in [5.74, 6) is 0.245. The highest BCUT2D eigenvalue weighted by Gasteiger charge is 2.52. The number of fused-ring (bicyclic) bond motifs is 1. The molecule has 160 valence electrons. The number of allylic oxidation sites excluding steroid dienone is 1. The molecular formula is C24H31N3O3. The van der Waals surface area contributed by atoms with E-state index < -0.39 is 5.41 Å². The predicted molar refractivity (Wildman–Crippen MR) is 116 cm³/mol. The van der Waals surface area contributed by atoms with Crippen LogP contribution in [0, 0.1) is 5.41 Å². The summed E-state index contributed by atoms with van der Waals surface area (Å²) in [5.41, 5.74) is 2.40. The maximum absolute atomic E-state index is 13.5. The van der Waals surface area contributed by atoms with Crippen LogP contribution in [0.1, 0.15) is 51.4 Å². The van der Waals surface area contributed by atoms with Gasteiger partial charge in [0.1, 0.15) is 0 Å². The van der Waals surface area contributed by atoms with Crippen LogP contribution in [-0.4, -0.2) is 49.1 Å². The molecule has 6 heteroatoms. The zero-order valence-electron chi connectivity index (χ0n) is 17.6. The molecular weight excluding hydrogens is 378 g/mol. The molecule has 4 aliphatic rings. The lowest BCUT2D eigenvalue weighted by Crippen LogP contribution is -2.51. The number of carbonyl (C=O) groups excluding carboxylic acids is 2. The first-order valence-corrected chi connectivity index (χ1v) is 11.4. The minimum Gasteiger partial charge on any atom is -0.378 e. The summed E-state index contributed by atoms with van der Waals surface area (Å²) in [7, 11) is 0. The molecule has 1 saturated carbocycles. The van der Waals surface area contributed by atoms with Crippen molar-refractivity contribution in [3.05, 3.63) is 36.0 Å². The number of ether oxygens (including phenoxy) is 1. The molecule has 2 heterocycles. The first-order chi connectivity index (χ1) is 14.7. The maximum atomic E-state index is 13.5. The number of rotatable bonds is 4. The van der Waals surface area contributed by atoms with Gasteiger partial charge in [0.05, 0.1) is 18.6 Å². The van der Waals surface area contributed by atoms with E-state index in [0.29, 0.717) is 12.8 Å². The summed E-state index contributed by atoms with van der Waals surface area (Å²) in [5, 5.41) is 3.17. The standard InChI is InChI=1S/C24H31N3O3/c28-22-11-13-24(12-3-6-21(24)27(22)20-4-1-2-5-20)23(29)25-18-7-9-19(10-8-18)26-14-16-30-17-15-26/h6-10,20H,1-5,11-17H2,(H,25,29). The van der Waals surface area contributed by atoms with Crippen molar-refractivity contribution in [2.24, 2.45) is 5.41 Å². The number of likely N-dealkylation sites (tertiary alicyclic amines) is 1. The Labute approximate surface area is 178 Å². The molecule has 1 aromatic rings. The zero-order valence-corrected chi connectivity index (χ0v) is 17.6. The minimum atomic E-state index is -0.556. The molecule has 0 aromatic heterocycles. The molecule has 2 aliphatic heterocycles. The quantitative estimate of drug-likeness (QED) is 0.824. The van der Waals surface area contributed by atoms with E-state index in [1.165, 1.54) is 12.8 Å². The Hall–Kier alpha value is -2.34. The van der Waals surface area contributed by atoms with Gasteiger partial charge in [-0.2, -0.15) is 0 Å². The van der Waals surface area contributed by atoms with Gasteiger partial charge in [-0.25, -0.2) is 0 Å². The summed E-state index contributed by atoms with van der Waals surface area (Å²) in [4.78, 5) is 30.6. The summed E-state index contributed by atoms with van der Waals surface area (Å²) in [6.45, 7) is 3.31. The summed E-state index contributed by atoms with van der Waals surface area (Å²) >= 11 is 0. The number of morpholine rings is 1. The molecule has 5 rings (SSSR count). The van der Waals surface area contributed by atoms with Gasteiger partial charge in [-0.1, -0.05) is 18.9 Å². The molecule has 0 spiro atoms. The smallest absolute Gasteiger partial charge is 0.236 e. The molecule has 0 bridgehead atoms. The monoisotopic (exact) mass is 409 g/mol. The van der Waals surface area contributed by atoms with Crippen LogP contribution in [0.25, 0.3) is 0 Å². The third-order valence-corrected chi connectivity index (χ3v) is 7.32. The van der Waals surface area contributed by atoms with Crippen molar-refractivity contribution in [3.63, 3.8) is 0 Å². The molecule has 3 fully saturated rings. The Morgan fingerprint density at radius 1 is 1.07 bits per heavy atom. The Morgan fingerprint density at radius 3 is 2.53 bits per heavy atom. The molecule has 30 heavy (non-hydrogen) atoms. The van der Waals surface area contributed by atoms with Crippen molar-refractivity contribution in [1.82, 2.24) is 4.90 Å². The number of nitrogens with zero attached hydrogens (tertiary/aromatic N) is 2. The highest BCUT2D eigenvalue weighted by atomic mass is 16.5. The van der Waals surface area contributed by atoms with Crippen molar-refractivity contribution >= 4 is 23.2 Å². The van der Waals surface area contributed by atoms with Gasteiger partial charge in [0.2, 0.25) is 11.8 Å². The normalized spacial score (nSPS) is 27.2. The number of anilines is 2. The number of nitrogens with one attached hydrogen (secondary N) is 1. The average Bonchev–Trinajstić information content (AvgIpc) is 3.46. The molecule has 2 amide bonds. The lowest BCUT2D eigenvalue weighted by molar-refractivity contribution is -0.139. The van der Waals surface area contributed by atoms with E-state index in [-0.39, 0.29) is 17.9 Å². The third-order valence-electron chi connectivity index (χ3n) is 7.32. The summed E-state index contributed by atoms with van der Waals surface area (Å²) < 4.78 is 5.43. The minimum absolute atomic E-state index is 0.0425. The molecule has 1 N–H and O–H groups in total. The molecule has 1 unspecified atom stereocenters. The van der Waals surface area contributed by atoms with Gasteiger partial charge < -0.3 is 19.9 Å². The Morgan fingerprint density at radius 2 is 1.80 bits per heavy atom. The highest BCUT2D eigenvalue weighted by molar-refractivity contribution is 6.00. The van der Waals surface area contributed by atoms with Crippen LogP contribution in [0.5, 0.6) is 0 Å². The first-order valence-electron chi connectivity index (χ1n) is 11.4. The van der Waals surface area contributed by atoms with Crippen molar-refractivity contribution in [2.75, 3.05) is 36.5 Å². The largest absolute Gasteiger partial charge is 0.378 e. The van der Waals surface area contributed by atoms with Crippen LogP contribution in [-0.2, 0) is 14.3 Å². The zero-order chi connectivity index (χ0) is 20.6. The topological polar surface area (TPSA) is 61.9 Å². The van der Waals surface area contributed by atoms with E-state index in [4.69, 9.17) is 4.74 Å². The van der Waals surface area contributed by atoms with E-state index >= 15 is 0 Å². The molecule has 6 nitrogen and oxygen atoms in total. The fraction of sp³-hybridized carbons (Fsp3) is 0.583. The molecule has 1 aromatic carbocycles. The lowest BCUT2D eigenvalue weighted by Gasteiger charge is -2.44. The Balaban J connectivity index is 1.32. The number of piperidine rings is 1. The highest BCUT2D eigenvalue weighted by Crippen LogP contribution is 2.50. The molecule has 1 atom stereocenters. The predicted octanol–water partition coefficient (Wildman–Crippen LogP) is 3.69. The van der Waals surface area contributed by atoms with Gasteiger partial charge in [0.25, 0.3) is 0 Å². The fourth-order valence-corrected chi connectivity index (χ4v) is 5.67. The number of carbonyl (C=O) groups is 2. The van der Waals surface area contributed by atoms with Crippen LogP contribution >= 0.6 is 0 Å². The van der Waals surface area contributed by atoms with Gasteiger partial charge in [-0.15, -0.1) is 0 Å². The fourth-order valence-electron chi connectivity index (χ4n) is 5.67. The van der Waals surface area contributed by atoms with Gasteiger partial charge in [-0.3, -0.25) is 9.59 Å². The van der Waals surface area contributed by atoms with Crippen LogP contribution < -0.4 is 10.2 Å². The Kier molecular flexibility index (Phi) is 5.27. The number of amides is 2. The maximum Gasteiger partial charge on any atom is 0.236 e. The van der Waals surface area contributed by atoms with Gasteiger partial charge in [0.15, 0.2) is 0 Å². The van der Waals surface area contributed by atoms with Crippen LogP contribution in [0.2, 0.25) is 0 Å². The second-order valence-corrected chi connectivity index (χ2v) is 9.01. The SMILES string of the molecule is O=C1CCC2(C(=O)Nc3ccc(N4CCOCC4)cc3)CCC=C2N1C1CCCC1. The van der Waals surface area contributed by atoms with Crippen molar-refractivity contribution in [2.45, 2.75) is 57.4 Å². The summed E-state index contributed by atoms with van der Waals surface area (Å²) in [6.07, 6.45) is 9.39. The van der Waals surface area contributed by atoms with Crippen LogP contribution in [0.3, 0.4) is 0 Å². The van der Waals surface area contributed by atoms with E-state index in [1.807, 2.05) is 17.0 Å². The van der Waals surface area contributed by atoms with E-state index in [0.717, 1.165) is 69.1 Å². The van der Waals surface area contributed by atoms with Crippen molar-refractivity contribution in [3.8, 4) is 0 Å². The van der Waals surface area contributed by atoms with Crippen LogP contribution in [0.15, 0.2) is 36.0 Å². The molecule has 0 radical (unpaired) electrons. The third kappa shape index (κ3) is 3.41. The Bertz CT molecular complexity index is 838. The van der Waals surface area contributed by atoms with Gasteiger partial charge >= 0.3 is 0 Å². The van der Waals surface area contributed by atoms with Crippen LogP contribution in [0.4, 0.5) is 11.4 Å². The van der Waals surface area contributed by atoms with Gasteiger partial charge in [-0.05, 0) is 56.4 Å². The van der Waals surface area contributed by atoms with Gasteiger partial charge in [0, 0.05) is 42.6 Å². The molecule has 2 saturated heterocycles. The summed E-state index contributed by atoms with van der Waals surface area (Å²) in [6, 6.07) is 8.39. The van der Waals surface area contributed by atoms with E-state index in [2.05, 4.69) is 28.4 Å². The molecule has 2 aliphatic carbocycles. The van der Waals surface area contributed by atoms with Crippen molar-refractivity contribution in [1.29, 1.82) is 0 Å². The first kappa shape index (κ1) is 19.6. The second kappa shape index (κ2) is 8.06. The second-order valence-electron chi connectivity index (χ2n) is 9.01. The van der Waals surface area contributed by atoms with E-state index in [9.17, 15) is 9.59 Å². The number of hydrogen-bond acceptors (Lipinski definition) is 4. The van der Waals surface area contributed by atoms with Crippen molar-refractivity contribution < 1.29 is 14.3 Å². The average molecular weight is 410 g/mol. The number of hydrogen-bond donors (Lipinski definition) is 1. The lowest BCUT2D eigenvalue weighted by atomic mass is 9.75. The van der Waals surface area contributed by atoms with E-state index in [1.54, 1.807) is 0 Å².